The first-order valence-corrected chi connectivity index (χ1v) is 10.2. The van der Waals surface area contributed by atoms with Crippen molar-refractivity contribution in [3.05, 3.63) is 108 Å². The molecule has 0 bridgehead atoms. The molecule has 0 saturated carbocycles. The number of rotatable bonds is 6. The van der Waals surface area contributed by atoms with Crippen molar-refractivity contribution < 1.29 is 4.79 Å². The molecule has 4 rings (SSSR count). The van der Waals surface area contributed by atoms with E-state index in [1.165, 1.54) is 0 Å². The van der Waals surface area contributed by atoms with Gasteiger partial charge in [-0.3, -0.25) is 9.78 Å². The highest BCUT2D eigenvalue weighted by molar-refractivity contribution is 6.02. The minimum atomic E-state index is -0.433. The number of pyridine rings is 1. The Morgan fingerprint density at radius 3 is 2.34 bits per heavy atom. The van der Waals surface area contributed by atoms with Crippen LogP contribution >= 0.6 is 0 Å². The molecule has 0 radical (unpaired) electrons. The lowest BCUT2D eigenvalue weighted by Gasteiger charge is -2.13. The first-order chi connectivity index (χ1) is 15.7. The summed E-state index contributed by atoms with van der Waals surface area (Å²) in [5.74, 6) is -0.433. The summed E-state index contributed by atoms with van der Waals surface area (Å²) in [4.78, 5) is 16.9. The largest absolute Gasteiger partial charge is 0.345 e. The van der Waals surface area contributed by atoms with Gasteiger partial charge in [-0.15, -0.1) is 0 Å². The van der Waals surface area contributed by atoms with Gasteiger partial charge in [-0.05, 0) is 42.8 Å². The highest BCUT2D eigenvalue weighted by atomic mass is 16.1. The average molecular weight is 419 g/mol. The molecule has 2 heterocycles. The second-order valence-corrected chi connectivity index (χ2v) is 7.22. The summed E-state index contributed by atoms with van der Waals surface area (Å²) in [6.07, 6.45) is 6.76. The molecule has 0 aliphatic heterocycles. The highest BCUT2D eigenvalue weighted by Gasteiger charge is 2.17. The molecule has 32 heavy (non-hydrogen) atoms. The van der Waals surface area contributed by atoms with Crippen LogP contribution in [0, 0.1) is 11.3 Å². The lowest BCUT2D eigenvalue weighted by molar-refractivity contribution is -0.117. The number of nitrogens with zero attached hydrogens (tertiary/aromatic N) is 4. The van der Waals surface area contributed by atoms with Crippen molar-refractivity contribution >= 4 is 12.0 Å². The Bertz CT molecular complexity index is 1270. The van der Waals surface area contributed by atoms with Crippen molar-refractivity contribution in [3.63, 3.8) is 0 Å². The van der Waals surface area contributed by atoms with Gasteiger partial charge in [0.1, 0.15) is 17.3 Å². The van der Waals surface area contributed by atoms with Crippen LogP contribution in [0.4, 0.5) is 0 Å². The van der Waals surface area contributed by atoms with E-state index in [0.717, 1.165) is 16.8 Å². The first-order valence-electron chi connectivity index (χ1n) is 10.2. The van der Waals surface area contributed by atoms with E-state index in [1.54, 1.807) is 23.2 Å². The van der Waals surface area contributed by atoms with Gasteiger partial charge in [-0.2, -0.15) is 10.4 Å². The number of para-hydroxylation sites is 1. The highest BCUT2D eigenvalue weighted by Crippen LogP contribution is 2.25. The van der Waals surface area contributed by atoms with Gasteiger partial charge in [-0.25, -0.2) is 4.68 Å². The summed E-state index contributed by atoms with van der Waals surface area (Å²) in [5.41, 5.74) is 4.02. The summed E-state index contributed by atoms with van der Waals surface area (Å²) in [5, 5.41) is 17.3. The summed E-state index contributed by atoms with van der Waals surface area (Å²) in [6.45, 7) is 1.89. The summed E-state index contributed by atoms with van der Waals surface area (Å²) in [6, 6.07) is 24.8. The number of carbonyl (C=O) groups excluding carboxylic acids is 1. The topological polar surface area (TPSA) is 83.6 Å². The van der Waals surface area contributed by atoms with Gasteiger partial charge in [0, 0.05) is 29.7 Å². The molecule has 1 unspecified atom stereocenters. The predicted octanol–water partition coefficient (Wildman–Crippen LogP) is 4.72. The molecule has 1 N–H and O–H groups in total. The smallest absolute Gasteiger partial charge is 0.262 e. The maximum Gasteiger partial charge on any atom is 0.262 e. The van der Waals surface area contributed by atoms with Crippen LogP contribution in [0.2, 0.25) is 0 Å². The third-order valence-electron chi connectivity index (χ3n) is 5.03. The van der Waals surface area contributed by atoms with Crippen molar-refractivity contribution in [2.24, 2.45) is 0 Å². The van der Waals surface area contributed by atoms with E-state index in [-0.39, 0.29) is 11.6 Å². The Morgan fingerprint density at radius 1 is 1.03 bits per heavy atom. The molecule has 0 aliphatic carbocycles. The van der Waals surface area contributed by atoms with E-state index >= 15 is 0 Å². The van der Waals surface area contributed by atoms with Crippen molar-refractivity contribution in [3.8, 4) is 23.0 Å². The van der Waals surface area contributed by atoms with Gasteiger partial charge < -0.3 is 5.32 Å². The number of aromatic nitrogens is 3. The van der Waals surface area contributed by atoms with Crippen LogP contribution in [0.1, 0.15) is 24.1 Å². The summed E-state index contributed by atoms with van der Waals surface area (Å²) < 4.78 is 1.74. The first kappa shape index (κ1) is 20.8. The Balaban J connectivity index is 1.69. The van der Waals surface area contributed by atoms with Gasteiger partial charge in [0.25, 0.3) is 5.91 Å². The van der Waals surface area contributed by atoms with E-state index in [2.05, 4.69) is 10.3 Å². The number of hydrogen-bond acceptors (Lipinski definition) is 4. The zero-order valence-corrected chi connectivity index (χ0v) is 17.5. The fourth-order valence-electron chi connectivity index (χ4n) is 3.34. The molecule has 0 spiro atoms. The van der Waals surface area contributed by atoms with E-state index in [9.17, 15) is 10.1 Å². The van der Waals surface area contributed by atoms with Crippen LogP contribution < -0.4 is 5.32 Å². The maximum absolute atomic E-state index is 12.8. The SMILES string of the molecule is CC(NC(=O)/C(C#N)=C\c1cn(-c2ccccc2)nc1-c1ccncc1)c1ccccc1. The lowest BCUT2D eigenvalue weighted by Crippen LogP contribution is -2.27. The summed E-state index contributed by atoms with van der Waals surface area (Å²) in [7, 11) is 0. The number of nitrogens with one attached hydrogen (secondary N) is 1. The third-order valence-corrected chi connectivity index (χ3v) is 5.03. The van der Waals surface area contributed by atoms with Crippen LogP contribution in [-0.2, 0) is 4.79 Å². The third kappa shape index (κ3) is 4.63. The maximum atomic E-state index is 12.8. The normalized spacial score (nSPS) is 12.1. The van der Waals surface area contributed by atoms with Crippen molar-refractivity contribution in [1.29, 1.82) is 5.26 Å². The zero-order valence-electron chi connectivity index (χ0n) is 17.5. The van der Waals surface area contributed by atoms with Gasteiger partial charge in [-0.1, -0.05) is 48.5 Å². The van der Waals surface area contributed by atoms with Gasteiger partial charge in [0.05, 0.1) is 11.7 Å². The number of carbonyl (C=O) groups is 1. The van der Waals surface area contributed by atoms with Crippen LogP contribution in [-0.4, -0.2) is 20.7 Å². The van der Waals surface area contributed by atoms with Crippen molar-refractivity contribution in [2.45, 2.75) is 13.0 Å². The van der Waals surface area contributed by atoms with E-state index < -0.39 is 5.91 Å². The molecule has 0 aliphatic rings. The van der Waals surface area contributed by atoms with Gasteiger partial charge in [0.2, 0.25) is 0 Å². The van der Waals surface area contributed by atoms with Crippen molar-refractivity contribution in [1.82, 2.24) is 20.1 Å². The standard InChI is InChI=1S/C26H21N5O/c1-19(20-8-4-2-5-9-20)29-26(32)22(17-27)16-23-18-31(24-10-6-3-7-11-24)30-25(23)21-12-14-28-15-13-21/h2-16,18-19H,1H3,(H,29,32)/b22-16-. The van der Waals surface area contributed by atoms with E-state index in [1.807, 2.05) is 92.0 Å². The number of hydrogen-bond donors (Lipinski definition) is 1. The molecule has 1 atom stereocenters. The molecule has 2 aromatic heterocycles. The molecule has 156 valence electrons. The van der Waals surface area contributed by atoms with Crippen molar-refractivity contribution in [2.75, 3.05) is 0 Å². The molecule has 2 aromatic carbocycles. The molecule has 4 aromatic rings. The second-order valence-electron chi connectivity index (χ2n) is 7.22. The van der Waals surface area contributed by atoms with Crippen LogP contribution in [0.5, 0.6) is 0 Å². The Hall–Kier alpha value is -4.50. The monoisotopic (exact) mass is 419 g/mol. The van der Waals surface area contributed by atoms with Gasteiger partial charge in [0.15, 0.2) is 0 Å². The van der Waals surface area contributed by atoms with Crippen LogP contribution in [0.25, 0.3) is 23.0 Å². The fraction of sp³-hybridized carbons (Fsp3) is 0.0769. The molecule has 6 nitrogen and oxygen atoms in total. The minimum Gasteiger partial charge on any atom is -0.345 e. The molecule has 6 heteroatoms. The molecule has 0 fully saturated rings. The Labute approximate surface area is 186 Å². The summed E-state index contributed by atoms with van der Waals surface area (Å²) >= 11 is 0. The quantitative estimate of drug-likeness (QED) is 0.362. The zero-order chi connectivity index (χ0) is 22.3. The van der Waals surface area contributed by atoms with Crippen LogP contribution in [0.15, 0.2) is 97.0 Å². The Kier molecular flexibility index (Phi) is 6.19. The van der Waals surface area contributed by atoms with E-state index in [0.29, 0.717) is 11.3 Å². The number of nitriles is 1. The number of benzene rings is 2. The second kappa shape index (κ2) is 9.54. The minimum absolute atomic E-state index is 0.00991. The lowest BCUT2D eigenvalue weighted by atomic mass is 10.1. The predicted molar refractivity (Wildman–Crippen MR) is 123 cm³/mol. The molecule has 0 saturated heterocycles. The number of amides is 1. The molecular formula is C26H21N5O. The molecular weight excluding hydrogens is 398 g/mol. The fourth-order valence-corrected chi connectivity index (χ4v) is 3.34. The molecule has 1 amide bonds. The average Bonchev–Trinajstić information content (AvgIpc) is 3.28. The van der Waals surface area contributed by atoms with Crippen LogP contribution in [0.3, 0.4) is 0 Å². The van der Waals surface area contributed by atoms with Gasteiger partial charge >= 0.3 is 0 Å². The van der Waals surface area contributed by atoms with E-state index in [4.69, 9.17) is 5.10 Å². The Morgan fingerprint density at radius 2 is 1.69 bits per heavy atom.